The molecule has 2 aliphatic heterocycles. The number of nitrogens with two attached hydrogens (primary N) is 1. The van der Waals surface area contributed by atoms with E-state index in [9.17, 15) is 14.4 Å². The Morgan fingerprint density at radius 1 is 1.06 bits per heavy atom. The average Bonchev–Trinajstić information content (AvgIpc) is 3.56. The van der Waals surface area contributed by atoms with Crippen LogP contribution in [0.4, 0.5) is 4.79 Å². The molecule has 180 valence electrons. The summed E-state index contributed by atoms with van der Waals surface area (Å²) in [5.41, 5.74) is 4.41. The van der Waals surface area contributed by atoms with Crippen LogP contribution < -0.4 is 21.4 Å². The monoisotopic (exact) mass is 482 g/mol. The predicted octanol–water partition coefficient (Wildman–Crippen LogP) is 2.48. The van der Waals surface area contributed by atoms with Gasteiger partial charge in [-0.25, -0.2) is 4.79 Å². The molecule has 3 heterocycles. The zero-order valence-corrected chi connectivity index (χ0v) is 19.3. The highest BCUT2D eigenvalue weighted by Gasteiger charge is 2.50. The lowest BCUT2D eigenvalue weighted by Gasteiger charge is -2.31. The fourth-order valence-corrected chi connectivity index (χ4v) is 5.07. The number of nitrogens with one attached hydrogen (secondary N) is 3. The van der Waals surface area contributed by atoms with Crippen molar-refractivity contribution in [2.24, 2.45) is 5.90 Å². The Hall–Kier alpha value is -4.70. The number of aromatic amines is 1. The van der Waals surface area contributed by atoms with Crippen LogP contribution in [0.15, 0.2) is 60.8 Å². The maximum absolute atomic E-state index is 13.1. The van der Waals surface area contributed by atoms with Crippen molar-refractivity contribution in [2.75, 3.05) is 6.54 Å². The van der Waals surface area contributed by atoms with Gasteiger partial charge in [0.05, 0.1) is 18.3 Å². The Morgan fingerprint density at radius 2 is 1.86 bits per heavy atom. The summed E-state index contributed by atoms with van der Waals surface area (Å²) in [4.78, 5) is 44.8. The average molecular weight is 483 g/mol. The number of nitrogens with zero attached hydrogens (tertiary/aromatic N) is 2. The first kappa shape index (κ1) is 21.8. The number of carbonyl (C=O) groups is 3. The zero-order valence-electron chi connectivity index (χ0n) is 19.3. The smallest absolute Gasteiger partial charge is 0.322 e. The highest BCUT2D eigenvalue weighted by Crippen LogP contribution is 2.34. The number of fused-ring (bicyclic) bond motifs is 2. The number of aromatic nitrogens is 2. The number of carbonyl (C=O) groups excluding carboxylic acids is 3. The second kappa shape index (κ2) is 7.92. The maximum atomic E-state index is 13.1. The molecule has 6 rings (SSSR count). The van der Waals surface area contributed by atoms with E-state index in [1.807, 2.05) is 37.3 Å². The molecule has 2 aliphatic rings. The molecule has 4 aromatic rings. The molecular weight excluding hydrogens is 460 g/mol. The Morgan fingerprint density at radius 3 is 2.58 bits per heavy atom. The van der Waals surface area contributed by atoms with Crippen molar-refractivity contribution >= 4 is 28.7 Å². The van der Waals surface area contributed by atoms with Crippen LogP contribution in [0, 0.1) is 6.92 Å². The topological polar surface area (TPSA) is 142 Å². The largest absolute Gasteiger partial charge is 0.412 e. The van der Waals surface area contributed by atoms with Crippen LogP contribution in [-0.4, -0.2) is 39.5 Å². The first-order chi connectivity index (χ1) is 17.4. The lowest BCUT2D eigenvalue weighted by Crippen LogP contribution is -2.52. The number of amides is 4. The number of imide groups is 1. The van der Waals surface area contributed by atoms with E-state index in [1.165, 1.54) is 0 Å². The Kier molecular flexibility index (Phi) is 4.80. The van der Waals surface area contributed by atoms with Gasteiger partial charge >= 0.3 is 6.03 Å². The molecule has 36 heavy (non-hydrogen) atoms. The molecule has 4 amide bonds. The van der Waals surface area contributed by atoms with Gasteiger partial charge in [0.15, 0.2) is 5.54 Å². The van der Waals surface area contributed by atoms with Crippen LogP contribution in [0.5, 0.6) is 5.75 Å². The van der Waals surface area contributed by atoms with Gasteiger partial charge in [-0.15, -0.1) is 0 Å². The molecule has 0 saturated carbocycles. The van der Waals surface area contributed by atoms with Gasteiger partial charge in [-0.05, 0) is 59.0 Å². The molecule has 0 radical (unpaired) electrons. The van der Waals surface area contributed by atoms with Gasteiger partial charge in [0, 0.05) is 17.5 Å². The van der Waals surface area contributed by atoms with Gasteiger partial charge in [0.2, 0.25) is 0 Å². The number of urea groups is 1. The Labute approximate surface area is 205 Å². The molecule has 1 saturated heterocycles. The van der Waals surface area contributed by atoms with Crippen LogP contribution in [-0.2, 0) is 16.9 Å². The summed E-state index contributed by atoms with van der Waals surface area (Å²) in [7, 11) is 0. The molecule has 0 aliphatic carbocycles. The molecular formula is C26H22N6O4. The molecule has 0 spiro atoms. The van der Waals surface area contributed by atoms with E-state index in [4.69, 9.17) is 10.7 Å². The summed E-state index contributed by atoms with van der Waals surface area (Å²) in [6.45, 7) is 2.28. The van der Waals surface area contributed by atoms with Crippen molar-refractivity contribution < 1.29 is 19.2 Å². The summed E-state index contributed by atoms with van der Waals surface area (Å²) < 4.78 is 0. The third-order valence-corrected chi connectivity index (χ3v) is 6.92. The molecule has 0 bridgehead atoms. The SMILES string of the molecule is Cc1cc(-c2ccc([C@]3(CN4Cc5ccc(ON)cc5C4=O)NC(=O)NC3=O)cc2)cc2cn[nH]c12. The minimum Gasteiger partial charge on any atom is -0.412 e. The van der Waals surface area contributed by atoms with Gasteiger partial charge in [-0.2, -0.15) is 11.0 Å². The number of benzene rings is 3. The molecule has 5 N–H and O–H groups in total. The first-order valence-electron chi connectivity index (χ1n) is 11.3. The predicted molar refractivity (Wildman–Crippen MR) is 131 cm³/mol. The fraction of sp³-hybridized carbons (Fsp3) is 0.154. The minimum atomic E-state index is -1.43. The van der Waals surface area contributed by atoms with Crippen LogP contribution in [0.1, 0.15) is 27.0 Å². The number of H-pyrrole nitrogens is 1. The van der Waals surface area contributed by atoms with E-state index in [0.717, 1.165) is 33.2 Å². The van der Waals surface area contributed by atoms with Crippen LogP contribution in [0.3, 0.4) is 0 Å². The fourth-order valence-electron chi connectivity index (χ4n) is 5.07. The van der Waals surface area contributed by atoms with Crippen molar-refractivity contribution in [3.8, 4) is 16.9 Å². The highest BCUT2D eigenvalue weighted by molar-refractivity contribution is 6.08. The summed E-state index contributed by atoms with van der Waals surface area (Å²) >= 11 is 0. The molecule has 10 nitrogen and oxygen atoms in total. The number of hydrogen-bond donors (Lipinski definition) is 4. The Bertz CT molecular complexity index is 1560. The van der Waals surface area contributed by atoms with Gasteiger partial charge in [-0.1, -0.05) is 30.3 Å². The highest BCUT2D eigenvalue weighted by atomic mass is 16.6. The second-order valence-electron chi connectivity index (χ2n) is 9.12. The summed E-state index contributed by atoms with van der Waals surface area (Å²) in [5.74, 6) is 4.83. The summed E-state index contributed by atoms with van der Waals surface area (Å²) in [6.07, 6.45) is 1.78. The van der Waals surface area contributed by atoms with Crippen LogP contribution >= 0.6 is 0 Å². The summed E-state index contributed by atoms with van der Waals surface area (Å²) in [5, 5.41) is 13.2. The molecule has 1 aromatic heterocycles. The van der Waals surface area contributed by atoms with E-state index in [0.29, 0.717) is 23.4 Å². The molecule has 1 atom stereocenters. The zero-order chi connectivity index (χ0) is 25.0. The van der Waals surface area contributed by atoms with Crippen molar-refractivity contribution in [2.45, 2.75) is 19.0 Å². The van der Waals surface area contributed by atoms with E-state index in [1.54, 1.807) is 29.3 Å². The van der Waals surface area contributed by atoms with Crippen LogP contribution in [0.2, 0.25) is 0 Å². The molecule has 3 aromatic carbocycles. The van der Waals surface area contributed by atoms with Gasteiger partial charge in [0.1, 0.15) is 5.75 Å². The van der Waals surface area contributed by atoms with Gasteiger partial charge in [0.25, 0.3) is 11.8 Å². The van der Waals surface area contributed by atoms with E-state index < -0.39 is 17.5 Å². The molecule has 0 unspecified atom stereocenters. The third kappa shape index (κ3) is 3.30. The third-order valence-electron chi connectivity index (χ3n) is 6.92. The van der Waals surface area contributed by atoms with Crippen molar-refractivity contribution in [3.63, 3.8) is 0 Å². The molecule has 1 fully saturated rings. The van der Waals surface area contributed by atoms with E-state index >= 15 is 0 Å². The van der Waals surface area contributed by atoms with Crippen molar-refractivity contribution in [1.82, 2.24) is 25.7 Å². The standard InChI is InChI=1S/C26H22N6O4/c1-14-8-17(9-18-11-28-31-22(14)18)15-2-5-19(6-3-15)26(24(34)29-25(35)30-26)13-32-12-16-4-7-20(36-27)10-21(16)23(32)33/h2-11H,12-13,27H2,1H3,(H,28,31)(H2,29,30,34,35)/t26-/m0/s1. The lowest BCUT2D eigenvalue weighted by molar-refractivity contribution is -0.124. The van der Waals surface area contributed by atoms with Crippen molar-refractivity contribution in [1.29, 1.82) is 0 Å². The first-order valence-corrected chi connectivity index (χ1v) is 11.3. The quantitative estimate of drug-likeness (QED) is 0.254. The van der Waals surface area contributed by atoms with Gasteiger partial charge < -0.3 is 15.1 Å². The van der Waals surface area contributed by atoms with Gasteiger partial charge in [-0.3, -0.25) is 20.0 Å². The number of rotatable bonds is 5. The Balaban J connectivity index is 1.34. The van der Waals surface area contributed by atoms with Crippen molar-refractivity contribution in [3.05, 3.63) is 83.0 Å². The normalized spacial score (nSPS) is 18.9. The number of hydrogen-bond acceptors (Lipinski definition) is 6. The lowest BCUT2D eigenvalue weighted by atomic mass is 9.87. The number of aryl methyl sites for hydroxylation is 1. The minimum absolute atomic E-state index is 0.0314. The second-order valence-corrected chi connectivity index (χ2v) is 9.12. The summed E-state index contributed by atoms with van der Waals surface area (Å²) in [6, 6.07) is 15.9. The van der Waals surface area contributed by atoms with E-state index in [2.05, 4.69) is 26.9 Å². The molecule has 10 heteroatoms. The van der Waals surface area contributed by atoms with E-state index in [-0.39, 0.29) is 12.5 Å². The van der Waals surface area contributed by atoms with Crippen LogP contribution in [0.25, 0.3) is 22.0 Å². The maximum Gasteiger partial charge on any atom is 0.322 e.